The molecule has 2 rings (SSSR count). The Labute approximate surface area is 174 Å². The summed E-state index contributed by atoms with van der Waals surface area (Å²) in [5, 5.41) is 0. The molecule has 0 fully saturated rings. The fraction of sp³-hybridized carbons (Fsp3) is 0.400. The zero-order valence-corrected chi connectivity index (χ0v) is 17.6. The van der Waals surface area contributed by atoms with Crippen LogP contribution in [0.2, 0.25) is 0 Å². The number of esters is 1. The Balaban J connectivity index is 1.77. The van der Waals surface area contributed by atoms with Gasteiger partial charge < -0.3 is 14.2 Å². The van der Waals surface area contributed by atoms with Gasteiger partial charge in [0.25, 0.3) is 0 Å². The lowest BCUT2D eigenvalue weighted by Crippen LogP contribution is -2.09. The molecular weight excluding hydrogens is 364 g/mol. The van der Waals surface area contributed by atoms with Crippen LogP contribution in [0.25, 0.3) is 0 Å². The summed E-state index contributed by atoms with van der Waals surface area (Å²) in [6.07, 6.45) is 7.35. The van der Waals surface area contributed by atoms with Crippen LogP contribution in [0.5, 0.6) is 17.2 Å². The van der Waals surface area contributed by atoms with Gasteiger partial charge in [0, 0.05) is 0 Å². The summed E-state index contributed by atoms with van der Waals surface area (Å²) in [6.45, 7) is 9.36. The van der Waals surface area contributed by atoms with Gasteiger partial charge in [-0.2, -0.15) is 0 Å². The molecule has 0 amide bonds. The maximum absolute atomic E-state index is 12.3. The van der Waals surface area contributed by atoms with Gasteiger partial charge in [-0.05, 0) is 80.1 Å². The van der Waals surface area contributed by atoms with Gasteiger partial charge in [-0.1, -0.05) is 26.3 Å². The number of allylic oxidation sites excluding steroid dienone is 1. The van der Waals surface area contributed by atoms with Crippen molar-refractivity contribution in [2.24, 2.45) is 5.92 Å². The number of ether oxygens (including phenoxy) is 3. The number of hydrogen-bond donors (Lipinski definition) is 0. The van der Waals surface area contributed by atoms with Crippen molar-refractivity contribution in [1.82, 2.24) is 0 Å². The van der Waals surface area contributed by atoms with Crippen LogP contribution in [0.1, 0.15) is 56.3 Å². The third kappa shape index (κ3) is 8.43. The molecule has 0 radical (unpaired) electrons. The van der Waals surface area contributed by atoms with Gasteiger partial charge in [-0.15, -0.1) is 6.58 Å². The average molecular weight is 397 g/mol. The molecule has 0 bridgehead atoms. The Hall–Kier alpha value is -2.75. The van der Waals surface area contributed by atoms with Crippen LogP contribution in [-0.4, -0.2) is 19.2 Å². The van der Waals surface area contributed by atoms with Crippen LogP contribution in [0.3, 0.4) is 0 Å². The van der Waals surface area contributed by atoms with Gasteiger partial charge in [0.1, 0.15) is 17.2 Å². The smallest absolute Gasteiger partial charge is 0.343 e. The van der Waals surface area contributed by atoms with E-state index < -0.39 is 5.97 Å². The Kier molecular flexibility index (Phi) is 9.84. The fourth-order valence-electron chi connectivity index (χ4n) is 2.57. The standard InChI is InChI=1S/C25H32O4/c1-4-6-7-8-9-18-27-22-14-16-24(17-15-22)29-25(26)21-10-12-23(13-11-21)28-19-20(3)5-2/h4,10-17,20H,1,5-9,18-19H2,2-3H3. The summed E-state index contributed by atoms with van der Waals surface area (Å²) < 4.78 is 16.9. The molecule has 0 aromatic heterocycles. The van der Waals surface area contributed by atoms with E-state index in [2.05, 4.69) is 20.4 Å². The predicted molar refractivity (Wildman–Crippen MR) is 117 cm³/mol. The highest BCUT2D eigenvalue weighted by Gasteiger charge is 2.09. The summed E-state index contributed by atoms with van der Waals surface area (Å²) in [4.78, 5) is 12.3. The first kappa shape index (κ1) is 22.5. The molecule has 0 saturated heterocycles. The van der Waals surface area contributed by atoms with E-state index >= 15 is 0 Å². The van der Waals surface area contributed by atoms with Gasteiger partial charge in [0.05, 0.1) is 18.8 Å². The molecule has 4 nitrogen and oxygen atoms in total. The highest BCUT2D eigenvalue weighted by Crippen LogP contribution is 2.20. The van der Waals surface area contributed by atoms with E-state index in [1.54, 1.807) is 36.4 Å². The van der Waals surface area contributed by atoms with Crippen molar-refractivity contribution in [2.45, 2.75) is 46.0 Å². The fourth-order valence-corrected chi connectivity index (χ4v) is 2.57. The van der Waals surface area contributed by atoms with E-state index in [9.17, 15) is 4.79 Å². The van der Waals surface area contributed by atoms with E-state index in [-0.39, 0.29) is 0 Å². The minimum atomic E-state index is -0.394. The summed E-state index contributed by atoms with van der Waals surface area (Å²) in [5.74, 6) is 2.13. The van der Waals surface area contributed by atoms with Crippen LogP contribution in [0.15, 0.2) is 61.2 Å². The molecule has 0 spiro atoms. The van der Waals surface area contributed by atoms with Crippen LogP contribution >= 0.6 is 0 Å². The summed E-state index contributed by atoms with van der Waals surface area (Å²) in [5.41, 5.74) is 0.487. The number of unbranched alkanes of at least 4 members (excludes halogenated alkanes) is 3. The van der Waals surface area contributed by atoms with Crippen molar-refractivity contribution in [3.05, 3.63) is 66.7 Å². The molecule has 29 heavy (non-hydrogen) atoms. The van der Waals surface area contributed by atoms with Gasteiger partial charge in [-0.25, -0.2) is 4.79 Å². The molecule has 2 aromatic rings. The maximum atomic E-state index is 12.3. The van der Waals surface area contributed by atoms with Crippen molar-refractivity contribution in [3.63, 3.8) is 0 Å². The Morgan fingerprint density at radius 1 is 0.931 bits per heavy atom. The zero-order valence-electron chi connectivity index (χ0n) is 17.6. The summed E-state index contributed by atoms with van der Waals surface area (Å²) >= 11 is 0. The molecule has 0 saturated carbocycles. The van der Waals surface area contributed by atoms with E-state index in [4.69, 9.17) is 14.2 Å². The topological polar surface area (TPSA) is 44.8 Å². The quantitative estimate of drug-likeness (QED) is 0.169. The molecule has 1 unspecified atom stereocenters. The molecule has 4 heteroatoms. The van der Waals surface area contributed by atoms with E-state index in [1.807, 2.05) is 18.2 Å². The monoisotopic (exact) mass is 396 g/mol. The van der Waals surface area contributed by atoms with E-state index in [1.165, 1.54) is 0 Å². The number of hydrogen-bond acceptors (Lipinski definition) is 4. The van der Waals surface area contributed by atoms with Crippen molar-refractivity contribution >= 4 is 5.97 Å². The minimum Gasteiger partial charge on any atom is -0.494 e. The first-order valence-corrected chi connectivity index (χ1v) is 10.4. The molecule has 0 aliphatic heterocycles. The van der Waals surface area contributed by atoms with Crippen molar-refractivity contribution < 1.29 is 19.0 Å². The third-order valence-corrected chi connectivity index (χ3v) is 4.68. The van der Waals surface area contributed by atoms with Crippen LogP contribution < -0.4 is 14.2 Å². The predicted octanol–water partition coefficient (Wildman–Crippen LogP) is 6.46. The zero-order chi connectivity index (χ0) is 20.9. The molecule has 0 aliphatic carbocycles. The summed E-state index contributed by atoms with van der Waals surface area (Å²) in [6, 6.07) is 14.2. The van der Waals surface area contributed by atoms with Crippen LogP contribution in [-0.2, 0) is 0 Å². The van der Waals surface area contributed by atoms with E-state index in [0.717, 1.165) is 43.6 Å². The highest BCUT2D eigenvalue weighted by molar-refractivity contribution is 5.91. The Morgan fingerprint density at radius 2 is 1.55 bits per heavy atom. The lowest BCUT2D eigenvalue weighted by Gasteiger charge is -2.11. The van der Waals surface area contributed by atoms with Gasteiger partial charge in [0.2, 0.25) is 0 Å². The van der Waals surface area contributed by atoms with E-state index in [0.29, 0.717) is 30.4 Å². The molecule has 2 aromatic carbocycles. The van der Waals surface area contributed by atoms with Gasteiger partial charge in [0.15, 0.2) is 0 Å². The van der Waals surface area contributed by atoms with Crippen molar-refractivity contribution in [2.75, 3.05) is 13.2 Å². The average Bonchev–Trinajstić information content (AvgIpc) is 2.76. The maximum Gasteiger partial charge on any atom is 0.343 e. The number of rotatable bonds is 13. The van der Waals surface area contributed by atoms with Crippen LogP contribution in [0, 0.1) is 5.92 Å². The number of carbonyl (C=O) groups is 1. The number of carbonyl (C=O) groups excluding carboxylic acids is 1. The lowest BCUT2D eigenvalue weighted by molar-refractivity contribution is 0.0734. The first-order valence-electron chi connectivity index (χ1n) is 10.4. The van der Waals surface area contributed by atoms with Gasteiger partial charge >= 0.3 is 5.97 Å². The molecule has 156 valence electrons. The molecule has 1 atom stereocenters. The summed E-state index contributed by atoms with van der Waals surface area (Å²) in [7, 11) is 0. The third-order valence-electron chi connectivity index (χ3n) is 4.68. The Bertz CT molecular complexity index is 734. The SMILES string of the molecule is C=CCCCCCOc1ccc(OC(=O)c2ccc(OCC(C)CC)cc2)cc1. The normalized spacial score (nSPS) is 11.5. The lowest BCUT2D eigenvalue weighted by atomic mass is 10.1. The second-order valence-electron chi connectivity index (χ2n) is 7.20. The first-order chi connectivity index (χ1) is 14.1. The second-order valence-corrected chi connectivity index (χ2v) is 7.20. The second kappa shape index (κ2) is 12.7. The largest absolute Gasteiger partial charge is 0.494 e. The highest BCUT2D eigenvalue weighted by atomic mass is 16.5. The Morgan fingerprint density at radius 3 is 2.21 bits per heavy atom. The van der Waals surface area contributed by atoms with Crippen LogP contribution in [0.4, 0.5) is 0 Å². The molecule has 0 aliphatic rings. The number of benzene rings is 2. The van der Waals surface area contributed by atoms with Gasteiger partial charge in [-0.3, -0.25) is 0 Å². The molecule has 0 N–H and O–H groups in total. The minimum absolute atomic E-state index is 0.394. The molecule has 0 heterocycles. The van der Waals surface area contributed by atoms with Crippen molar-refractivity contribution in [3.8, 4) is 17.2 Å². The molecular formula is C25H32O4. The van der Waals surface area contributed by atoms with Crippen molar-refractivity contribution in [1.29, 1.82) is 0 Å².